The summed E-state index contributed by atoms with van der Waals surface area (Å²) < 4.78 is 0. The number of thiophene rings is 1. The number of hydrogen-bond acceptors (Lipinski definition) is 3. The number of hydrogen-bond donors (Lipinski definition) is 1. The van der Waals surface area contributed by atoms with Crippen LogP contribution in [0.3, 0.4) is 0 Å². The van der Waals surface area contributed by atoms with Crippen LogP contribution >= 0.6 is 22.9 Å². The molecule has 0 radical (unpaired) electrons. The molecule has 1 N–H and O–H groups in total. The summed E-state index contributed by atoms with van der Waals surface area (Å²) in [7, 11) is 1.97. The average Bonchev–Trinajstić information content (AvgIpc) is 2.96. The van der Waals surface area contributed by atoms with Crippen molar-refractivity contribution in [3.8, 4) is 10.4 Å². The predicted octanol–water partition coefficient (Wildman–Crippen LogP) is 4.45. The van der Waals surface area contributed by atoms with Crippen molar-refractivity contribution in [3.63, 3.8) is 0 Å². The SMILES string of the molecule is CNCC1CCCN(C(=O)c2cc(C)c(-c3cccc(Cl)c3)s2)C1. The van der Waals surface area contributed by atoms with E-state index in [4.69, 9.17) is 11.6 Å². The zero-order valence-electron chi connectivity index (χ0n) is 14.1. The Labute approximate surface area is 152 Å². The monoisotopic (exact) mass is 362 g/mol. The predicted molar refractivity (Wildman–Crippen MR) is 102 cm³/mol. The third-order valence-corrected chi connectivity index (χ3v) is 6.02. The van der Waals surface area contributed by atoms with Crippen LogP contribution in [-0.4, -0.2) is 37.5 Å². The smallest absolute Gasteiger partial charge is 0.263 e. The van der Waals surface area contributed by atoms with E-state index < -0.39 is 0 Å². The van der Waals surface area contributed by atoms with Crippen LogP contribution in [0.2, 0.25) is 5.02 Å². The Balaban J connectivity index is 1.80. The number of carbonyl (C=O) groups excluding carboxylic acids is 1. The number of halogens is 1. The number of amides is 1. The van der Waals surface area contributed by atoms with Crippen LogP contribution in [0.4, 0.5) is 0 Å². The summed E-state index contributed by atoms with van der Waals surface area (Å²) in [6.07, 6.45) is 2.28. The minimum Gasteiger partial charge on any atom is -0.338 e. The van der Waals surface area contributed by atoms with Crippen molar-refractivity contribution in [1.29, 1.82) is 0 Å². The lowest BCUT2D eigenvalue weighted by atomic mass is 9.98. The van der Waals surface area contributed by atoms with E-state index in [1.165, 1.54) is 6.42 Å². The van der Waals surface area contributed by atoms with E-state index in [2.05, 4.69) is 12.2 Å². The van der Waals surface area contributed by atoms with E-state index in [1.54, 1.807) is 11.3 Å². The number of rotatable bonds is 4. The molecular formula is C19H23ClN2OS. The molecule has 2 heterocycles. The van der Waals surface area contributed by atoms with Gasteiger partial charge in [-0.05, 0) is 68.6 Å². The first-order chi connectivity index (χ1) is 11.6. The number of benzene rings is 1. The normalized spacial score (nSPS) is 18.0. The molecule has 1 atom stereocenters. The molecule has 0 bridgehead atoms. The van der Waals surface area contributed by atoms with Crippen molar-refractivity contribution in [1.82, 2.24) is 10.2 Å². The molecule has 3 rings (SSSR count). The minimum absolute atomic E-state index is 0.164. The van der Waals surface area contributed by atoms with Crippen molar-refractivity contribution < 1.29 is 4.79 Å². The fraction of sp³-hybridized carbons (Fsp3) is 0.421. The van der Waals surface area contributed by atoms with E-state index in [9.17, 15) is 4.79 Å². The lowest BCUT2D eigenvalue weighted by Crippen LogP contribution is -2.42. The second kappa shape index (κ2) is 7.68. The van der Waals surface area contributed by atoms with E-state index in [0.717, 1.165) is 52.0 Å². The summed E-state index contributed by atoms with van der Waals surface area (Å²) in [5.74, 6) is 0.721. The largest absolute Gasteiger partial charge is 0.338 e. The van der Waals surface area contributed by atoms with Crippen LogP contribution in [-0.2, 0) is 0 Å². The van der Waals surface area contributed by atoms with E-state index >= 15 is 0 Å². The first-order valence-corrected chi connectivity index (χ1v) is 9.58. The summed E-state index contributed by atoms with van der Waals surface area (Å²) in [5, 5.41) is 3.95. The second-order valence-electron chi connectivity index (χ2n) is 6.45. The molecule has 24 heavy (non-hydrogen) atoms. The molecule has 2 aromatic rings. The van der Waals surface area contributed by atoms with Crippen LogP contribution in [0.15, 0.2) is 30.3 Å². The van der Waals surface area contributed by atoms with Crippen molar-refractivity contribution in [2.75, 3.05) is 26.7 Å². The number of nitrogens with zero attached hydrogens (tertiary/aromatic N) is 1. The fourth-order valence-corrected chi connectivity index (χ4v) is 4.69. The molecule has 0 aliphatic carbocycles. The molecule has 1 amide bonds. The van der Waals surface area contributed by atoms with Gasteiger partial charge in [0.15, 0.2) is 0 Å². The standard InChI is InChI=1S/C19H23ClN2OS/c1-13-9-17(24-18(13)15-6-3-7-16(20)10-15)19(23)22-8-4-5-14(12-22)11-21-2/h3,6-7,9-10,14,21H,4-5,8,11-12H2,1-2H3. The van der Waals surface area contributed by atoms with Crippen molar-refractivity contribution in [2.45, 2.75) is 19.8 Å². The third-order valence-electron chi connectivity index (χ3n) is 4.51. The van der Waals surface area contributed by atoms with Crippen molar-refractivity contribution in [2.24, 2.45) is 5.92 Å². The summed E-state index contributed by atoms with van der Waals surface area (Å²) in [6, 6.07) is 9.84. The highest BCUT2D eigenvalue weighted by Crippen LogP contribution is 2.34. The number of aryl methyl sites for hydroxylation is 1. The molecule has 1 fully saturated rings. The highest BCUT2D eigenvalue weighted by Gasteiger charge is 2.25. The van der Waals surface area contributed by atoms with Gasteiger partial charge in [-0.1, -0.05) is 23.7 Å². The fourth-order valence-electron chi connectivity index (χ4n) is 3.36. The maximum atomic E-state index is 12.9. The Morgan fingerprint density at radius 1 is 1.42 bits per heavy atom. The zero-order valence-corrected chi connectivity index (χ0v) is 15.7. The second-order valence-corrected chi connectivity index (χ2v) is 7.94. The van der Waals surface area contributed by atoms with E-state index in [0.29, 0.717) is 5.92 Å². The topological polar surface area (TPSA) is 32.3 Å². The summed E-state index contributed by atoms with van der Waals surface area (Å²) in [4.78, 5) is 16.9. The van der Waals surface area contributed by atoms with Gasteiger partial charge < -0.3 is 10.2 Å². The first kappa shape index (κ1) is 17.5. The Kier molecular flexibility index (Phi) is 5.59. The van der Waals surface area contributed by atoms with E-state index in [1.807, 2.05) is 42.3 Å². The van der Waals surface area contributed by atoms with Gasteiger partial charge in [0, 0.05) is 23.0 Å². The molecule has 1 saturated heterocycles. The average molecular weight is 363 g/mol. The molecule has 3 nitrogen and oxygen atoms in total. The highest BCUT2D eigenvalue weighted by molar-refractivity contribution is 7.17. The summed E-state index contributed by atoms with van der Waals surface area (Å²) >= 11 is 7.68. The number of nitrogens with one attached hydrogen (secondary N) is 1. The van der Waals surface area contributed by atoms with Gasteiger partial charge in [0.25, 0.3) is 5.91 Å². The third kappa shape index (κ3) is 3.82. The van der Waals surface area contributed by atoms with Crippen molar-refractivity contribution >= 4 is 28.8 Å². The highest BCUT2D eigenvalue weighted by atomic mass is 35.5. The molecule has 1 aliphatic heterocycles. The van der Waals surface area contributed by atoms with Gasteiger partial charge in [-0.3, -0.25) is 4.79 Å². The number of likely N-dealkylation sites (tertiary alicyclic amines) is 1. The Morgan fingerprint density at radius 3 is 3.00 bits per heavy atom. The summed E-state index contributed by atoms with van der Waals surface area (Å²) in [6.45, 7) is 4.75. The van der Waals surface area contributed by atoms with Crippen LogP contribution in [0.1, 0.15) is 28.1 Å². The lowest BCUT2D eigenvalue weighted by Gasteiger charge is -2.32. The van der Waals surface area contributed by atoms with Crippen LogP contribution in [0.5, 0.6) is 0 Å². The van der Waals surface area contributed by atoms with Crippen LogP contribution < -0.4 is 5.32 Å². The Hall–Kier alpha value is -1.36. The quantitative estimate of drug-likeness (QED) is 0.871. The van der Waals surface area contributed by atoms with Gasteiger partial charge in [0.2, 0.25) is 0 Å². The van der Waals surface area contributed by atoms with Gasteiger partial charge in [0.05, 0.1) is 4.88 Å². The number of carbonyl (C=O) groups is 1. The maximum Gasteiger partial charge on any atom is 0.263 e. The molecule has 128 valence electrons. The molecule has 1 aromatic heterocycles. The number of piperidine rings is 1. The molecule has 1 unspecified atom stereocenters. The maximum absolute atomic E-state index is 12.9. The van der Waals surface area contributed by atoms with Gasteiger partial charge >= 0.3 is 0 Å². The molecule has 5 heteroatoms. The van der Waals surface area contributed by atoms with Gasteiger partial charge in [-0.25, -0.2) is 0 Å². The summed E-state index contributed by atoms with van der Waals surface area (Å²) in [5.41, 5.74) is 2.21. The molecule has 0 spiro atoms. The molecule has 1 aromatic carbocycles. The Bertz CT molecular complexity index is 726. The van der Waals surface area contributed by atoms with Crippen molar-refractivity contribution in [3.05, 3.63) is 45.8 Å². The lowest BCUT2D eigenvalue weighted by molar-refractivity contribution is 0.0679. The molecule has 1 aliphatic rings. The Morgan fingerprint density at radius 2 is 2.25 bits per heavy atom. The molecular weight excluding hydrogens is 340 g/mol. The van der Waals surface area contributed by atoms with Gasteiger partial charge in [0.1, 0.15) is 0 Å². The minimum atomic E-state index is 0.164. The van der Waals surface area contributed by atoms with Crippen LogP contribution in [0, 0.1) is 12.8 Å². The van der Waals surface area contributed by atoms with E-state index in [-0.39, 0.29) is 5.91 Å². The zero-order chi connectivity index (χ0) is 17.1. The van der Waals surface area contributed by atoms with Gasteiger partial charge in [-0.15, -0.1) is 11.3 Å². The first-order valence-electron chi connectivity index (χ1n) is 8.38. The molecule has 0 saturated carbocycles. The van der Waals surface area contributed by atoms with Crippen LogP contribution in [0.25, 0.3) is 10.4 Å². The van der Waals surface area contributed by atoms with Gasteiger partial charge in [-0.2, -0.15) is 0 Å².